The van der Waals surface area contributed by atoms with Gasteiger partial charge in [-0.05, 0) is 37.0 Å². The summed E-state index contributed by atoms with van der Waals surface area (Å²) in [5.74, 6) is 0.298. The molecule has 0 aliphatic carbocycles. The van der Waals surface area contributed by atoms with E-state index >= 15 is 0 Å². The normalized spacial score (nSPS) is 15.5. The number of amides is 2. The number of carbonyl (C=O) groups excluding carboxylic acids is 3. The summed E-state index contributed by atoms with van der Waals surface area (Å²) in [6.45, 7) is 9.18. The zero-order valence-electron chi connectivity index (χ0n) is 16.0. The van der Waals surface area contributed by atoms with E-state index in [2.05, 4.69) is 5.32 Å². The fourth-order valence-electron chi connectivity index (χ4n) is 3.02. The molecule has 0 atom stereocenters. The van der Waals surface area contributed by atoms with Gasteiger partial charge in [-0.15, -0.1) is 0 Å². The van der Waals surface area contributed by atoms with E-state index < -0.39 is 5.97 Å². The minimum absolute atomic E-state index is 0.183. The maximum absolute atomic E-state index is 12.3. The number of nitrogens with zero attached hydrogens (tertiary/aromatic N) is 1. The van der Waals surface area contributed by atoms with Gasteiger partial charge in [0.2, 0.25) is 5.91 Å². The summed E-state index contributed by atoms with van der Waals surface area (Å²) in [6.07, 6.45) is 1.77. The third kappa shape index (κ3) is 5.58. The first-order valence-corrected chi connectivity index (χ1v) is 9.03. The van der Waals surface area contributed by atoms with E-state index in [-0.39, 0.29) is 17.2 Å². The Kier molecular flexibility index (Phi) is 6.40. The van der Waals surface area contributed by atoms with Crippen molar-refractivity contribution in [3.63, 3.8) is 0 Å². The molecular weight excluding hydrogens is 332 g/mol. The molecule has 1 N–H and O–H groups in total. The lowest BCUT2D eigenvalue weighted by Crippen LogP contribution is -2.45. The number of hydrogen-bond donors (Lipinski definition) is 1. The molecule has 1 aromatic rings. The maximum atomic E-state index is 12.3. The molecule has 0 unspecified atom stereocenters. The molecule has 0 spiro atoms. The Hall–Kier alpha value is -2.37. The van der Waals surface area contributed by atoms with Crippen LogP contribution < -0.4 is 10.1 Å². The molecule has 142 valence electrons. The van der Waals surface area contributed by atoms with E-state index in [4.69, 9.17) is 4.74 Å². The average molecular weight is 360 g/mol. The van der Waals surface area contributed by atoms with Crippen LogP contribution in [0, 0.1) is 11.3 Å². The number of carbonyl (C=O) groups is 3. The predicted octanol–water partition coefficient (Wildman–Crippen LogP) is 2.63. The minimum Gasteiger partial charge on any atom is -0.427 e. The van der Waals surface area contributed by atoms with Gasteiger partial charge >= 0.3 is 5.97 Å². The van der Waals surface area contributed by atoms with Crippen molar-refractivity contribution < 1.29 is 19.1 Å². The summed E-state index contributed by atoms with van der Waals surface area (Å²) in [5, 5.41) is 2.94. The van der Waals surface area contributed by atoms with Gasteiger partial charge in [-0.2, -0.15) is 0 Å². The van der Waals surface area contributed by atoms with E-state index in [1.54, 1.807) is 24.3 Å². The van der Waals surface area contributed by atoms with Crippen LogP contribution in [-0.2, 0) is 9.59 Å². The quantitative estimate of drug-likeness (QED) is 0.661. The molecule has 0 saturated carbocycles. The largest absolute Gasteiger partial charge is 0.427 e. The molecule has 1 fully saturated rings. The lowest BCUT2D eigenvalue weighted by molar-refractivity contribution is -0.140. The van der Waals surface area contributed by atoms with Gasteiger partial charge < -0.3 is 15.0 Å². The summed E-state index contributed by atoms with van der Waals surface area (Å²) in [5.41, 5.74) is 0.109. The van der Waals surface area contributed by atoms with Crippen molar-refractivity contribution in [2.45, 2.75) is 40.5 Å². The summed E-state index contributed by atoms with van der Waals surface area (Å²) in [4.78, 5) is 37.5. The highest BCUT2D eigenvalue weighted by molar-refractivity contribution is 5.94. The highest BCUT2D eigenvalue weighted by Gasteiger charge is 2.30. The second-order valence-electron chi connectivity index (χ2n) is 7.82. The molecule has 0 radical (unpaired) electrons. The highest BCUT2D eigenvalue weighted by Crippen LogP contribution is 2.23. The first-order chi connectivity index (χ1) is 12.2. The molecule has 1 heterocycles. The highest BCUT2D eigenvalue weighted by atomic mass is 16.5. The van der Waals surface area contributed by atoms with E-state index in [0.717, 1.165) is 25.9 Å². The Labute approximate surface area is 154 Å². The van der Waals surface area contributed by atoms with Crippen molar-refractivity contribution in [1.82, 2.24) is 10.2 Å². The van der Waals surface area contributed by atoms with Crippen molar-refractivity contribution >= 4 is 17.8 Å². The van der Waals surface area contributed by atoms with Crippen LogP contribution in [0.5, 0.6) is 5.75 Å². The molecule has 6 nitrogen and oxygen atoms in total. The number of rotatable bonds is 4. The van der Waals surface area contributed by atoms with Gasteiger partial charge in [-0.1, -0.05) is 26.8 Å². The third-order valence-corrected chi connectivity index (χ3v) is 4.45. The van der Waals surface area contributed by atoms with Crippen LogP contribution in [0.15, 0.2) is 24.3 Å². The fourth-order valence-corrected chi connectivity index (χ4v) is 3.02. The SMILES string of the molecule is CC(=O)Oc1cccc(C(=O)NCC2CCN(C(=O)C(C)(C)C)CC2)c1. The van der Waals surface area contributed by atoms with Gasteiger partial charge in [0.05, 0.1) is 0 Å². The zero-order valence-corrected chi connectivity index (χ0v) is 16.0. The first-order valence-electron chi connectivity index (χ1n) is 9.03. The van der Waals surface area contributed by atoms with Crippen molar-refractivity contribution in [2.75, 3.05) is 19.6 Å². The van der Waals surface area contributed by atoms with Crippen molar-refractivity contribution in [3.8, 4) is 5.75 Å². The Morgan fingerprint density at radius 3 is 2.42 bits per heavy atom. The number of nitrogens with one attached hydrogen (secondary N) is 1. The van der Waals surface area contributed by atoms with Crippen LogP contribution in [0.3, 0.4) is 0 Å². The number of likely N-dealkylation sites (tertiary alicyclic amines) is 1. The first kappa shape index (κ1) is 19.9. The Balaban J connectivity index is 1.82. The summed E-state index contributed by atoms with van der Waals surface area (Å²) >= 11 is 0. The van der Waals surface area contributed by atoms with Crippen LogP contribution >= 0.6 is 0 Å². The molecule has 1 aliphatic heterocycles. The standard InChI is InChI=1S/C20H28N2O4/c1-14(23)26-17-7-5-6-16(12-17)18(24)21-13-15-8-10-22(11-9-15)19(25)20(2,3)4/h5-7,12,15H,8-11,13H2,1-4H3,(H,21,24). The topological polar surface area (TPSA) is 75.7 Å². The molecule has 1 aliphatic rings. The number of benzene rings is 1. The maximum Gasteiger partial charge on any atom is 0.308 e. The average Bonchev–Trinajstić information content (AvgIpc) is 2.58. The smallest absolute Gasteiger partial charge is 0.308 e. The third-order valence-electron chi connectivity index (χ3n) is 4.45. The van der Waals surface area contributed by atoms with E-state index in [9.17, 15) is 14.4 Å². The lowest BCUT2D eigenvalue weighted by Gasteiger charge is -2.35. The fraction of sp³-hybridized carbons (Fsp3) is 0.550. The van der Waals surface area contributed by atoms with Gasteiger partial charge in [0.25, 0.3) is 5.91 Å². The van der Waals surface area contributed by atoms with Crippen molar-refractivity contribution in [2.24, 2.45) is 11.3 Å². The van der Waals surface area contributed by atoms with Crippen LogP contribution in [0.2, 0.25) is 0 Å². The zero-order chi connectivity index (χ0) is 19.3. The summed E-state index contributed by atoms with van der Waals surface area (Å²) < 4.78 is 5.00. The second kappa shape index (κ2) is 8.34. The Morgan fingerprint density at radius 2 is 1.85 bits per heavy atom. The van der Waals surface area contributed by atoms with Gasteiger partial charge in [0.15, 0.2) is 0 Å². The van der Waals surface area contributed by atoms with Crippen LogP contribution in [0.1, 0.15) is 50.9 Å². The van der Waals surface area contributed by atoms with Crippen LogP contribution in [0.4, 0.5) is 0 Å². The van der Waals surface area contributed by atoms with Crippen molar-refractivity contribution in [1.29, 1.82) is 0 Å². The lowest BCUT2D eigenvalue weighted by atomic mass is 9.91. The number of hydrogen-bond acceptors (Lipinski definition) is 4. The van der Waals surface area contributed by atoms with Crippen LogP contribution in [-0.4, -0.2) is 42.3 Å². The van der Waals surface area contributed by atoms with Gasteiger partial charge in [0.1, 0.15) is 5.75 Å². The van der Waals surface area contributed by atoms with Crippen LogP contribution in [0.25, 0.3) is 0 Å². The number of piperidine rings is 1. The van der Waals surface area contributed by atoms with E-state index in [1.807, 2.05) is 25.7 Å². The number of esters is 1. The van der Waals surface area contributed by atoms with Crippen molar-refractivity contribution in [3.05, 3.63) is 29.8 Å². The van der Waals surface area contributed by atoms with E-state index in [1.165, 1.54) is 6.92 Å². The van der Waals surface area contributed by atoms with E-state index in [0.29, 0.717) is 23.8 Å². The summed E-state index contributed by atoms with van der Waals surface area (Å²) in [6, 6.07) is 6.57. The molecule has 1 aromatic carbocycles. The molecule has 0 bridgehead atoms. The molecule has 1 saturated heterocycles. The minimum atomic E-state index is -0.417. The summed E-state index contributed by atoms with van der Waals surface area (Å²) in [7, 11) is 0. The van der Waals surface area contributed by atoms with Gasteiger partial charge in [0, 0.05) is 37.5 Å². The molecule has 2 amide bonds. The second-order valence-corrected chi connectivity index (χ2v) is 7.82. The predicted molar refractivity (Wildman–Crippen MR) is 98.8 cm³/mol. The van der Waals surface area contributed by atoms with Gasteiger partial charge in [-0.25, -0.2) is 0 Å². The monoisotopic (exact) mass is 360 g/mol. The molecule has 0 aromatic heterocycles. The van der Waals surface area contributed by atoms with Gasteiger partial charge in [-0.3, -0.25) is 14.4 Å². The molecule has 6 heteroatoms. The Bertz CT molecular complexity index is 671. The molecule has 2 rings (SSSR count). The number of ether oxygens (including phenoxy) is 1. The molecular formula is C20H28N2O4. The molecule has 26 heavy (non-hydrogen) atoms. The Morgan fingerprint density at radius 1 is 1.19 bits per heavy atom.